The zero-order chi connectivity index (χ0) is 16.7. The third-order valence-corrected chi connectivity index (χ3v) is 3.75. The van der Waals surface area contributed by atoms with Crippen LogP contribution in [0.3, 0.4) is 0 Å². The summed E-state index contributed by atoms with van der Waals surface area (Å²) < 4.78 is 5.00. The summed E-state index contributed by atoms with van der Waals surface area (Å²) >= 11 is 1.15. The van der Waals surface area contributed by atoms with Gasteiger partial charge in [-0.1, -0.05) is 11.8 Å². The van der Waals surface area contributed by atoms with Gasteiger partial charge in [-0.05, 0) is 36.4 Å². The van der Waals surface area contributed by atoms with Gasteiger partial charge in [0.15, 0.2) is 0 Å². The van der Waals surface area contributed by atoms with Crippen molar-refractivity contribution >= 4 is 23.6 Å². The molecule has 0 aliphatic carbocycles. The molecule has 0 aliphatic heterocycles. The van der Waals surface area contributed by atoms with E-state index in [9.17, 15) is 9.59 Å². The van der Waals surface area contributed by atoms with Gasteiger partial charge in [-0.25, -0.2) is 4.98 Å². The molecule has 0 fully saturated rings. The van der Waals surface area contributed by atoms with Crippen LogP contribution in [0.5, 0.6) is 5.75 Å². The summed E-state index contributed by atoms with van der Waals surface area (Å²) in [6, 6.07) is 11.6. The average molecular weight is 327 g/mol. The minimum absolute atomic E-state index is 0.0315. The molecule has 23 heavy (non-hydrogen) atoms. The molecule has 6 nitrogen and oxygen atoms in total. The molecule has 2 rings (SSSR count). The molecule has 0 unspecified atom stereocenters. The molecule has 0 bridgehead atoms. The van der Waals surface area contributed by atoms with Crippen LogP contribution < -0.4 is 10.1 Å². The predicted molar refractivity (Wildman–Crippen MR) is 85.1 cm³/mol. The summed E-state index contributed by atoms with van der Waals surface area (Å²) in [5, 5.41) is 11.7. The maximum Gasteiger partial charge on any atom is 0.257 e. The molecule has 2 amide bonds. The number of hydrogen-bond donors (Lipinski definition) is 1. The fourth-order valence-corrected chi connectivity index (χ4v) is 2.37. The van der Waals surface area contributed by atoms with Crippen LogP contribution in [-0.2, 0) is 4.79 Å². The molecule has 0 aliphatic rings. The number of thioether (sulfide) groups is 1. The lowest BCUT2D eigenvalue weighted by Gasteiger charge is -2.05. The van der Waals surface area contributed by atoms with E-state index in [1.807, 2.05) is 6.07 Å². The quantitative estimate of drug-likeness (QED) is 0.845. The molecule has 1 N–H and O–H groups in total. The van der Waals surface area contributed by atoms with Gasteiger partial charge in [0.2, 0.25) is 5.91 Å². The zero-order valence-corrected chi connectivity index (χ0v) is 13.1. The van der Waals surface area contributed by atoms with Crippen molar-refractivity contribution in [3.63, 3.8) is 0 Å². The van der Waals surface area contributed by atoms with E-state index in [4.69, 9.17) is 10.00 Å². The van der Waals surface area contributed by atoms with Crippen LogP contribution in [0.2, 0.25) is 0 Å². The van der Waals surface area contributed by atoms with Crippen LogP contribution in [0.4, 0.5) is 0 Å². The van der Waals surface area contributed by atoms with Gasteiger partial charge in [0.25, 0.3) is 5.91 Å². The lowest BCUT2D eigenvalue weighted by atomic mass is 10.2. The minimum atomic E-state index is -0.475. The number of benzene rings is 1. The molecule has 1 aromatic carbocycles. The van der Waals surface area contributed by atoms with Gasteiger partial charge in [0.05, 0.1) is 29.5 Å². The molecule has 0 spiro atoms. The van der Waals surface area contributed by atoms with E-state index in [1.54, 1.807) is 36.4 Å². The number of ether oxygens (including phenoxy) is 1. The molecule has 2 aromatic rings. The molecule has 1 heterocycles. The largest absolute Gasteiger partial charge is 0.497 e. The van der Waals surface area contributed by atoms with Gasteiger partial charge in [-0.3, -0.25) is 14.9 Å². The summed E-state index contributed by atoms with van der Waals surface area (Å²) in [6.07, 6.45) is 1.50. The van der Waals surface area contributed by atoms with Crippen molar-refractivity contribution in [2.24, 2.45) is 0 Å². The van der Waals surface area contributed by atoms with Crippen LogP contribution in [-0.4, -0.2) is 29.7 Å². The van der Waals surface area contributed by atoms with E-state index in [0.717, 1.165) is 11.8 Å². The first-order valence-electron chi connectivity index (χ1n) is 6.59. The monoisotopic (exact) mass is 327 g/mol. The Morgan fingerprint density at radius 2 is 2.04 bits per heavy atom. The van der Waals surface area contributed by atoms with Crippen molar-refractivity contribution in [3.05, 3.63) is 53.7 Å². The smallest absolute Gasteiger partial charge is 0.257 e. The number of hydrogen-bond acceptors (Lipinski definition) is 6. The number of pyridine rings is 1. The molecular weight excluding hydrogens is 314 g/mol. The van der Waals surface area contributed by atoms with Crippen molar-refractivity contribution in [1.29, 1.82) is 5.26 Å². The van der Waals surface area contributed by atoms with E-state index in [0.29, 0.717) is 21.9 Å². The van der Waals surface area contributed by atoms with Gasteiger partial charge in [-0.2, -0.15) is 5.26 Å². The number of methoxy groups -OCH3 is 1. The number of nitrogens with zero attached hydrogens (tertiary/aromatic N) is 2. The molecule has 0 atom stereocenters. The van der Waals surface area contributed by atoms with Gasteiger partial charge < -0.3 is 4.74 Å². The van der Waals surface area contributed by atoms with Crippen molar-refractivity contribution in [1.82, 2.24) is 10.3 Å². The second kappa shape index (κ2) is 7.96. The first-order chi connectivity index (χ1) is 11.1. The highest BCUT2D eigenvalue weighted by atomic mass is 32.2. The number of rotatable bonds is 5. The molecule has 0 saturated heterocycles. The van der Waals surface area contributed by atoms with Crippen LogP contribution in [0, 0.1) is 11.3 Å². The molecular formula is C16H13N3O3S. The Balaban J connectivity index is 1.88. The van der Waals surface area contributed by atoms with E-state index in [1.165, 1.54) is 13.3 Å². The zero-order valence-electron chi connectivity index (χ0n) is 12.3. The molecule has 116 valence electrons. The highest BCUT2D eigenvalue weighted by Crippen LogP contribution is 2.16. The second-order valence-electron chi connectivity index (χ2n) is 4.39. The standard InChI is InChI=1S/C16H13N3O3S/c1-22-13-4-2-12(3-5-13)16(21)19-14(20)10-23-15-8-11(9-17)6-7-18-15/h2-8H,10H2,1H3,(H,19,20,21). The van der Waals surface area contributed by atoms with E-state index in [2.05, 4.69) is 10.3 Å². The number of nitrogens with one attached hydrogen (secondary N) is 1. The number of aromatic nitrogens is 1. The number of carbonyl (C=O) groups excluding carboxylic acids is 2. The Labute approximate surface area is 137 Å². The van der Waals surface area contributed by atoms with Gasteiger partial charge >= 0.3 is 0 Å². The molecule has 7 heteroatoms. The third-order valence-electron chi connectivity index (χ3n) is 2.82. The highest BCUT2D eigenvalue weighted by Gasteiger charge is 2.11. The Morgan fingerprint density at radius 1 is 1.30 bits per heavy atom. The van der Waals surface area contributed by atoms with Crippen LogP contribution in [0.25, 0.3) is 0 Å². The topological polar surface area (TPSA) is 92.1 Å². The van der Waals surface area contributed by atoms with Crippen molar-refractivity contribution in [3.8, 4) is 11.8 Å². The van der Waals surface area contributed by atoms with Gasteiger partial charge in [0.1, 0.15) is 5.75 Å². The fraction of sp³-hybridized carbons (Fsp3) is 0.125. The highest BCUT2D eigenvalue weighted by molar-refractivity contribution is 7.99. The lowest BCUT2D eigenvalue weighted by molar-refractivity contribution is -0.117. The predicted octanol–water partition coefficient (Wildman–Crippen LogP) is 2.01. The molecule has 0 saturated carbocycles. The summed E-state index contributed by atoms with van der Waals surface area (Å²) in [5.74, 6) is -0.243. The minimum Gasteiger partial charge on any atom is -0.497 e. The Hall–Kier alpha value is -2.85. The third kappa shape index (κ3) is 4.83. The van der Waals surface area contributed by atoms with E-state index >= 15 is 0 Å². The average Bonchev–Trinajstić information content (AvgIpc) is 2.60. The van der Waals surface area contributed by atoms with E-state index < -0.39 is 11.8 Å². The number of carbonyl (C=O) groups is 2. The van der Waals surface area contributed by atoms with Crippen LogP contribution in [0.1, 0.15) is 15.9 Å². The Morgan fingerprint density at radius 3 is 2.70 bits per heavy atom. The van der Waals surface area contributed by atoms with Crippen LogP contribution >= 0.6 is 11.8 Å². The first kappa shape index (κ1) is 16.5. The fourth-order valence-electron chi connectivity index (χ4n) is 1.67. The normalized spacial score (nSPS) is 9.74. The number of imide groups is 1. The van der Waals surface area contributed by atoms with Crippen LogP contribution in [0.15, 0.2) is 47.6 Å². The van der Waals surface area contributed by atoms with Crippen molar-refractivity contribution in [2.75, 3.05) is 12.9 Å². The van der Waals surface area contributed by atoms with Gasteiger partial charge in [0, 0.05) is 11.8 Å². The molecule has 1 aromatic heterocycles. The second-order valence-corrected chi connectivity index (χ2v) is 5.38. The number of nitriles is 1. The summed E-state index contributed by atoms with van der Waals surface area (Å²) in [6.45, 7) is 0. The van der Waals surface area contributed by atoms with E-state index in [-0.39, 0.29) is 5.75 Å². The summed E-state index contributed by atoms with van der Waals surface area (Å²) in [5.41, 5.74) is 0.839. The first-order valence-corrected chi connectivity index (χ1v) is 7.58. The Kier molecular flexibility index (Phi) is 5.72. The molecule has 0 radical (unpaired) electrons. The maximum absolute atomic E-state index is 11.9. The number of amides is 2. The maximum atomic E-state index is 11.9. The van der Waals surface area contributed by atoms with Gasteiger partial charge in [-0.15, -0.1) is 0 Å². The van der Waals surface area contributed by atoms with Crippen molar-refractivity contribution in [2.45, 2.75) is 5.03 Å². The summed E-state index contributed by atoms with van der Waals surface area (Å²) in [4.78, 5) is 27.8. The summed E-state index contributed by atoms with van der Waals surface area (Å²) in [7, 11) is 1.53. The van der Waals surface area contributed by atoms with Crippen molar-refractivity contribution < 1.29 is 14.3 Å². The lowest BCUT2D eigenvalue weighted by Crippen LogP contribution is -2.31. The SMILES string of the molecule is COc1ccc(C(=O)NC(=O)CSc2cc(C#N)ccn2)cc1. The Bertz CT molecular complexity index is 754.